The molecule has 3 rings (SSSR count). The molecule has 0 N–H and O–H groups in total. The SMILES string of the molecule is O=C(Cc1ccc(F)cc1)N1CCN(c2nccs2)CC1. The van der Waals surface area contributed by atoms with Gasteiger partial charge in [-0.15, -0.1) is 11.3 Å². The molecule has 1 aliphatic rings. The highest BCUT2D eigenvalue weighted by atomic mass is 32.1. The highest BCUT2D eigenvalue weighted by molar-refractivity contribution is 7.13. The van der Waals surface area contributed by atoms with Crippen molar-refractivity contribution in [2.45, 2.75) is 6.42 Å². The van der Waals surface area contributed by atoms with Gasteiger partial charge < -0.3 is 9.80 Å². The van der Waals surface area contributed by atoms with Gasteiger partial charge in [0.1, 0.15) is 5.82 Å². The molecule has 2 aromatic rings. The third-order valence-electron chi connectivity index (χ3n) is 3.59. The summed E-state index contributed by atoms with van der Waals surface area (Å²) in [6.45, 7) is 3.03. The van der Waals surface area contributed by atoms with Crippen molar-refractivity contribution in [1.82, 2.24) is 9.88 Å². The molecule has 0 spiro atoms. The van der Waals surface area contributed by atoms with E-state index in [0.717, 1.165) is 23.8 Å². The first-order valence-corrected chi connectivity index (χ1v) is 7.77. The summed E-state index contributed by atoms with van der Waals surface area (Å²) < 4.78 is 12.9. The zero-order valence-corrected chi connectivity index (χ0v) is 12.4. The first-order valence-electron chi connectivity index (χ1n) is 6.89. The van der Waals surface area contributed by atoms with E-state index in [0.29, 0.717) is 19.5 Å². The molecule has 1 aliphatic heterocycles. The smallest absolute Gasteiger partial charge is 0.227 e. The van der Waals surface area contributed by atoms with Crippen LogP contribution in [-0.2, 0) is 11.2 Å². The maximum absolute atomic E-state index is 12.9. The van der Waals surface area contributed by atoms with E-state index in [1.54, 1.807) is 29.7 Å². The summed E-state index contributed by atoms with van der Waals surface area (Å²) in [6.07, 6.45) is 2.13. The quantitative estimate of drug-likeness (QED) is 0.872. The van der Waals surface area contributed by atoms with E-state index < -0.39 is 0 Å². The van der Waals surface area contributed by atoms with Crippen molar-refractivity contribution >= 4 is 22.4 Å². The number of aromatic nitrogens is 1. The third-order valence-corrected chi connectivity index (χ3v) is 4.42. The van der Waals surface area contributed by atoms with Gasteiger partial charge in [-0.2, -0.15) is 0 Å². The fourth-order valence-corrected chi connectivity index (χ4v) is 3.10. The molecule has 1 saturated heterocycles. The van der Waals surface area contributed by atoms with E-state index in [1.165, 1.54) is 12.1 Å². The number of thiazole rings is 1. The molecule has 110 valence electrons. The fourth-order valence-electron chi connectivity index (χ4n) is 2.41. The Bertz CT molecular complexity index is 592. The minimum atomic E-state index is -0.275. The Balaban J connectivity index is 1.54. The molecule has 0 radical (unpaired) electrons. The van der Waals surface area contributed by atoms with Crippen LogP contribution in [0.2, 0.25) is 0 Å². The van der Waals surface area contributed by atoms with Gasteiger partial charge in [-0.3, -0.25) is 4.79 Å². The van der Waals surface area contributed by atoms with Gasteiger partial charge in [-0.05, 0) is 17.7 Å². The van der Waals surface area contributed by atoms with Crippen molar-refractivity contribution in [1.29, 1.82) is 0 Å². The highest BCUT2D eigenvalue weighted by Gasteiger charge is 2.22. The van der Waals surface area contributed by atoms with Gasteiger partial charge >= 0.3 is 0 Å². The first kappa shape index (κ1) is 14.0. The van der Waals surface area contributed by atoms with Crippen LogP contribution >= 0.6 is 11.3 Å². The average Bonchev–Trinajstić information content (AvgIpc) is 3.04. The fraction of sp³-hybridized carbons (Fsp3) is 0.333. The Kier molecular flexibility index (Phi) is 4.15. The lowest BCUT2D eigenvalue weighted by Gasteiger charge is -2.34. The van der Waals surface area contributed by atoms with Crippen molar-refractivity contribution in [3.8, 4) is 0 Å². The minimum absolute atomic E-state index is 0.0976. The lowest BCUT2D eigenvalue weighted by molar-refractivity contribution is -0.130. The van der Waals surface area contributed by atoms with Crippen molar-refractivity contribution in [2.75, 3.05) is 31.1 Å². The number of rotatable bonds is 3. The van der Waals surface area contributed by atoms with Crippen LogP contribution in [-0.4, -0.2) is 42.0 Å². The van der Waals surface area contributed by atoms with Crippen LogP contribution in [0.4, 0.5) is 9.52 Å². The van der Waals surface area contributed by atoms with Crippen LogP contribution in [0.15, 0.2) is 35.8 Å². The molecular weight excluding hydrogens is 289 g/mol. The predicted molar refractivity (Wildman–Crippen MR) is 81.0 cm³/mol. The number of piperazine rings is 1. The average molecular weight is 305 g/mol. The highest BCUT2D eigenvalue weighted by Crippen LogP contribution is 2.19. The second-order valence-corrected chi connectivity index (χ2v) is 5.86. The number of hydrogen-bond donors (Lipinski definition) is 0. The molecule has 21 heavy (non-hydrogen) atoms. The van der Waals surface area contributed by atoms with E-state index in [-0.39, 0.29) is 11.7 Å². The molecule has 0 aliphatic carbocycles. The van der Waals surface area contributed by atoms with Crippen LogP contribution in [0.1, 0.15) is 5.56 Å². The van der Waals surface area contributed by atoms with E-state index in [1.807, 2.05) is 10.3 Å². The summed E-state index contributed by atoms with van der Waals surface area (Å²) in [6, 6.07) is 6.12. The number of carbonyl (C=O) groups excluding carboxylic acids is 1. The van der Waals surface area contributed by atoms with Gasteiger partial charge in [0.05, 0.1) is 6.42 Å². The minimum Gasteiger partial charge on any atom is -0.345 e. The lowest BCUT2D eigenvalue weighted by Crippen LogP contribution is -2.49. The Hall–Kier alpha value is -1.95. The van der Waals surface area contributed by atoms with Crippen molar-refractivity contribution in [3.05, 3.63) is 47.2 Å². The molecule has 0 unspecified atom stereocenters. The molecule has 1 aromatic heterocycles. The maximum Gasteiger partial charge on any atom is 0.227 e. The van der Waals surface area contributed by atoms with E-state index >= 15 is 0 Å². The Morgan fingerprint density at radius 1 is 1.19 bits per heavy atom. The predicted octanol–water partition coefficient (Wildman–Crippen LogP) is 2.17. The number of halogens is 1. The van der Waals surface area contributed by atoms with Gasteiger partial charge in [-0.25, -0.2) is 9.37 Å². The molecule has 6 heteroatoms. The van der Waals surface area contributed by atoms with Crippen molar-refractivity contribution < 1.29 is 9.18 Å². The van der Waals surface area contributed by atoms with Crippen LogP contribution in [0, 0.1) is 5.82 Å². The van der Waals surface area contributed by atoms with Gasteiger partial charge in [-0.1, -0.05) is 12.1 Å². The molecule has 1 amide bonds. The molecule has 0 saturated carbocycles. The number of hydrogen-bond acceptors (Lipinski definition) is 4. The third kappa shape index (κ3) is 3.39. The molecule has 1 fully saturated rings. The van der Waals surface area contributed by atoms with E-state index in [4.69, 9.17) is 0 Å². The molecule has 0 atom stereocenters. The zero-order chi connectivity index (χ0) is 14.7. The van der Waals surface area contributed by atoms with Crippen LogP contribution < -0.4 is 4.90 Å². The van der Waals surface area contributed by atoms with Crippen molar-refractivity contribution in [2.24, 2.45) is 0 Å². The Morgan fingerprint density at radius 2 is 1.90 bits per heavy atom. The summed E-state index contributed by atoms with van der Waals surface area (Å²) in [7, 11) is 0. The maximum atomic E-state index is 12.9. The monoisotopic (exact) mass is 305 g/mol. The number of anilines is 1. The van der Waals surface area contributed by atoms with Crippen LogP contribution in [0.5, 0.6) is 0 Å². The Labute approximate surface area is 126 Å². The Morgan fingerprint density at radius 3 is 2.52 bits per heavy atom. The lowest BCUT2D eigenvalue weighted by atomic mass is 10.1. The second-order valence-electron chi connectivity index (χ2n) is 4.99. The van der Waals surface area contributed by atoms with Crippen LogP contribution in [0.25, 0.3) is 0 Å². The van der Waals surface area contributed by atoms with E-state index in [2.05, 4.69) is 9.88 Å². The van der Waals surface area contributed by atoms with Gasteiger partial charge in [0.2, 0.25) is 5.91 Å². The van der Waals surface area contributed by atoms with Gasteiger partial charge in [0, 0.05) is 37.8 Å². The molecule has 4 nitrogen and oxygen atoms in total. The van der Waals surface area contributed by atoms with Gasteiger partial charge in [0.25, 0.3) is 0 Å². The largest absolute Gasteiger partial charge is 0.345 e. The van der Waals surface area contributed by atoms with E-state index in [9.17, 15) is 9.18 Å². The molecule has 0 bridgehead atoms. The number of benzene rings is 1. The summed E-state index contributed by atoms with van der Waals surface area (Å²) in [4.78, 5) is 20.6. The number of carbonyl (C=O) groups is 1. The van der Waals surface area contributed by atoms with Crippen molar-refractivity contribution in [3.63, 3.8) is 0 Å². The summed E-state index contributed by atoms with van der Waals surface area (Å²) in [5.74, 6) is -0.177. The molecule has 2 heterocycles. The standard InChI is InChI=1S/C15H16FN3OS/c16-13-3-1-12(2-4-13)11-14(20)18-6-8-19(9-7-18)15-17-5-10-21-15/h1-5,10H,6-9,11H2. The number of amides is 1. The van der Waals surface area contributed by atoms with Gasteiger partial charge in [0.15, 0.2) is 5.13 Å². The summed E-state index contributed by atoms with van der Waals surface area (Å²) >= 11 is 1.62. The topological polar surface area (TPSA) is 36.4 Å². The normalized spacial score (nSPS) is 15.3. The second kappa shape index (κ2) is 6.22. The number of nitrogens with zero attached hydrogens (tertiary/aromatic N) is 3. The molecular formula is C15H16FN3OS. The van der Waals surface area contributed by atoms with Crippen LogP contribution in [0.3, 0.4) is 0 Å². The first-order chi connectivity index (χ1) is 10.2. The summed E-state index contributed by atoms with van der Waals surface area (Å²) in [5, 5.41) is 2.97. The summed E-state index contributed by atoms with van der Waals surface area (Å²) in [5.41, 5.74) is 0.851. The zero-order valence-electron chi connectivity index (χ0n) is 11.5. The molecule has 1 aromatic carbocycles.